The van der Waals surface area contributed by atoms with E-state index in [0.29, 0.717) is 27.2 Å². The molecule has 17 heavy (non-hydrogen) atoms. The van der Waals surface area contributed by atoms with Crippen LogP contribution >= 0.6 is 15.9 Å². The van der Waals surface area contributed by atoms with Gasteiger partial charge in [-0.2, -0.15) is 4.98 Å². The van der Waals surface area contributed by atoms with Crippen molar-refractivity contribution in [1.29, 1.82) is 0 Å². The minimum absolute atomic E-state index is 0.160. The van der Waals surface area contributed by atoms with Gasteiger partial charge < -0.3 is 10.7 Å². The van der Waals surface area contributed by atoms with E-state index in [1.54, 1.807) is 18.1 Å². The molecule has 3 aromatic heterocycles. The van der Waals surface area contributed by atoms with Gasteiger partial charge in [0.05, 0.1) is 6.33 Å². The van der Waals surface area contributed by atoms with Crippen LogP contribution in [-0.4, -0.2) is 34.9 Å². The summed E-state index contributed by atoms with van der Waals surface area (Å²) in [5, 5.41) is 7.81. The second-order valence-electron chi connectivity index (χ2n) is 3.38. The Morgan fingerprint density at radius 2 is 2.24 bits per heavy atom. The van der Waals surface area contributed by atoms with Crippen LogP contribution in [0.4, 0.5) is 5.95 Å². The summed E-state index contributed by atoms with van der Waals surface area (Å²) >= 11 is 3.32. The number of aryl methyl sites for hydroxylation is 1. The quantitative estimate of drug-likeness (QED) is 0.676. The van der Waals surface area contributed by atoms with Gasteiger partial charge in [-0.05, 0) is 15.9 Å². The number of nitrogens with zero attached hydrogens (tertiary/aromatic N) is 6. The number of rotatable bonds is 1. The summed E-state index contributed by atoms with van der Waals surface area (Å²) in [6.45, 7) is 0. The lowest BCUT2D eigenvalue weighted by Gasteiger charge is -2.03. The van der Waals surface area contributed by atoms with E-state index in [4.69, 9.17) is 5.73 Å². The number of aromatic nitrogens is 7. The Morgan fingerprint density at radius 1 is 1.41 bits per heavy atom. The van der Waals surface area contributed by atoms with Crippen molar-refractivity contribution in [3.05, 3.63) is 10.9 Å². The van der Waals surface area contributed by atoms with E-state index in [-0.39, 0.29) is 5.95 Å². The SMILES string of the molecule is Cn1nnc(Br)c1-c1nc(N)nc2nc[nH]c12. The summed E-state index contributed by atoms with van der Waals surface area (Å²) in [4.78, 5) is 15.3. The molecular formula is C8H7BrN8. The molecule has 0 radical (unpaired) electrons. The van der Waals surface area contributed by atoms with Crippen molar-refractivity contribution in [2.75, 3.05) is 5.73 Å². The molecule has 0 aromatic carbocycles. The van der Waals surface area contributed by atoms with E-state index in [0.717, 1.165) is 0 Å². The Bertz CT molecular complexity index is 679. The smallest absolute Gasteiger partial charge is 0.222 e. The topological polar surface area (TPSA) is 111 Å². The van der Waals surface area contributed by atoms with Crippen LogP contribution in [0.15, 0.2) is 10.9 Å². The molecule has 8 nitrogen and oxygen atoms in total. The molecule has 0 aliphatic rings. The van der Waals surface area contributed by atoms with E-state index in [9.17, 15) is 0 Å². The van der Waals surface area contributed by atoms with Gasteiger partial charge in [0.1, 0.15) is 16.9 Å². The van der Waals surface area contributed by atoms with Crippen molar-refractivity contribution in [2.45, 2.75) is 0 Å². The summed E-state index contributed by atoms with van der Waals surface area (Å²) in [5.74, 6) is 0.160. The van der Waals surface area contributed by atoms with Gasteiger partial charge in [0.15, 0.2) is 10.3 Å². The van der Waals surface area contributed by atoms with Gasteiger partial charge in [-0.15, -0.1) is 5.10 Å². The predicted octanol–water partition coefficient (Wildman–Crippen LogP) is 0.493. The molecule has 9 heteroatoms. The second kappa shape index (κ2) is 3.48. The van der Waals surface area contributed by atoms with Crippen LogP contribution in [0.1, 0.15) is 0 Å². The highest BCUT2D eigenvalue weighted by molar-refractivity contribution is 9.10. The highest BCUT2D eigenvalue weighted by Crippen LogP contribution is 2.28. The number of halogens is 1. The molecule has 0 saturated heterocycles. The highest BCUT2D eigenvalue weighted by Gasteiger charge is 2.17. The number of H-pyrrole nitrogens is 1. The van der Waals surface area contributed by atoms with Crippen molar-refractivity contribution >= 4 is 33.0 Å². The minimum Gasteiger partial charge on any atom is -0.368 e. The lowest BCUT2D eigenvalue weighted by molar-refractivity contribution is 0.719. The first kappa shape index (κ1) is 10.1. The summed E-state index contributed by atoms with van der Waals surface area (Å²) in [6.07, 6.45) is 1.54. The van der Waals surface area contributed by atoms with E-state index >= 15 is 0 Å². The normalized spacial score (nSPS) is 11.2. The van der Waals surface area contributed by atoms with Crippen LogP contribution in [0, 0.1) is 0 Å². The molecule has 86 valence electrons. The molecule has 0 fully saturated rings. The lowest BCUT2D eigenvalue weighted by Crippen LogP contribution is -2.01. The van der Waals surface area contributed by atoms with Crippen molar-refractivity contribution in [3.63, 3.8) is 0 Å². The highest BCUT2D eigenvalue weighted by atomic mass is 79.9. The number of hydrogen-bond donors (Lipinski definition) is 2. The van der Waals surface area contributed by atoms with E-state index in [2.05, 4.69) is 46.2 Å². The fourth-order valence-corrected chi connectivity index (χ4v) is 2.12. The Kier molecular flexibility index (Phi) is 2.08. The summed E-state index contributed by atoms with van der Waals surface area (Å²) in [7, 11) is 1.77. The average Bonchev–Trinajstić information content (AvgIpc) is 2.85. The Labute approximate surface area is 103 Å². The molecular weight excluding hydrogens is 288 g/mol. The molecule has 0 saturated carbocycles. The van der Waals surface area contributed by atoms with Crippen LogP contribution in [0.25, 0.3) is 22.6 Å². The third-order valence-corrected chi connectivity index (χ3v) is 2.85. The molecule has 0 atom stereocenters. The molecule has 0 aliphatic heterocycles. The van der Waals surface area contributed by atoms with E-state index < -0.39 is 0 Å². The zero-order chi connectivity index (χ0) is 12.0. The van der Waals surface area contributed by atoms with Gasteiger partial charge in [-0.25, -0.2) is 14.6 Å². The maximum Gasteiger partial charge on any atom is 0.222 e. The molecule has 3 heterocycles. The molecule has 0 aliphatic carbocycles. The Hall–Kier alpha value is -2.03. The number of aromatic amines is 1. The minimum atomic E-state index is 0.160. The maximum atomic E-state index is 5.65. The number of imidazole rings is 1. The maximum absolute atomic E-state index is 5.65. The molecule has 0 unspecified atom stereocenters. The molecule has 3 aromatic rings. The summed E-state index contributed by atoms with van der Waals surface area (Å²) in [6, 6.07) is 0. The van der Waals surface area contributed by atoms with E-state index in [1.807, 2.05) is 0 Å². The summed E-state index contributed by atoms with van der Waals surface area (Å²) < 4.78 is 2.19. The van der Waals surface area contributed by atoms with E-state index in [1.165, 1.54) is 0 Å². The number of fused-ring (bicyclic) bond motifs is 1. The Morgan fingerprint density at radius 3 is 2.94 bits per heavy atom. The van der Waals surface area contributed by atoms with Gasteiger partial charge in [0.2, 0.25) is 5.95 Å². The molecule has 0 bridgehead atoms. The molecule has 3 N–H and O–H groups in total. The van der Waals surface area contributed by atoms with Crippen LogP contribution in [0.2, 0.25) is 0 Å². The third kappa shape index (κ3) is 1.46. The number of nitrogens with two attached hydrogens (primary N) is 1. The molecule has 0 spiro atoms. The van der Waals surface area contributed by atoms with Crippen molar-refractivity contribution in [3.8, 4) is 11.4 Å². The lowest BCUT2D eigenvalue weighted by atomic mass is 10.3. The predicted molar refractivity (Wildman–Crippen MR) is 63.8 cm³/mol. The first-order valence-corrected chi connectivity index (χ1v) is 5.48. The van der Waals surface area contributed by atoms with Crippen LogP contribution < -0.4 is 5.73 Å². The van der Waals surface area contributed by atoms with Crippen LogP contribution in [0.5, 0.6) is 0 Å². The standard InChI is InChI=1S/C8H7BrN8/c1-17-5(6(9)15-16-17)3-4-7(12-2-11-4)14-8(10)13-3/h2H,1H3,(H3,10,11,12,13,14). The van der Waals surface area contributed by atoms with Gasteiger partial charge in [-0.1, -0.05) is 5.21 Å². The largest absolute Gasteiger partial charge is 0.368 e. The zero-order valence-corrected chi connectivity index (χ0v) is 10.3. The van der Waals surface area contributed by atoms with Crippen molar-refractivity contribution in [1.82, 2.24) is 34.9 Å². The van der Waals surface area contributed by atoms with Crippen LogP contribution in [0.3, 0.4) is 0 Å². The number of hydrogen-bond acceptors (Lipinski definition) is 6. The average molecular weight is 295 g/mol. The Balaban J connectivity index is 2.40. The number of nitrogens with one attached hydrogen (secondary N) is 1. The third-order valence-electron chi connectivity index (χ3n) is 2.31. The zero-order valence-electron chi connectivity index (χ0n) is 8.72. The monoisotopic (exact) mass is 294 g/mol. The first-order valence-electron chi connectivity index (χ1n) is 4.69. The molecule has 0 amide bonds. The van der Waals surface area contributed by atoms with Gasteiger partial charge in [0, 0.05) is 7.05 Å². The van der Waals surface area contributed by atoms with Crippen molar-refractivity contribution in [2.24, 2.45) is 7.05 Å². The molecule has 3 rings (SSSR count). The van der Waals surface area contributed by atoms with Gasteiger partial charge in [-0.3, -0.25) is 0 Å². The fourth-order valence-electron chi connectivity index (χ4n) is 1.60. The number of nitrogen functional groups attached to an aromatic ring is 1. The van der Waals surface area contributed by atoms with Gasteiger partial charge in [0.25, 0.3) is 0 Å². The summed E-state index contributed by atoms with van der Waals surface area (Å²) in [5.41, 5.74) is 8.19. The second-order valence-corrected chi connectivity index (χ2v) is 4.14. The van der Waals surface area contributed by atoms with Crippen molar-refractivity contribution < 1.29 is 0 Å². The fraction of sp³-hybridized carbons (Fsp3) is 0.125. The van der Waals surface area contributed by atoms with Crippen LogP contribution in [-0.2, 0) is 7.05 Å². The van der Waals surface area contributed by atoms with Gasteiger partial charge >= 0.3 is 0 Å². The number of anilines is 1. The first-order chi connectivity index (χ1) is 8.16.